The Kier molecular flexibility index (Phi) is 11.9. The summed E-state index contributed by atoms with van der Waals surface area (Å²) in [6, 6.07) is 13.3. The van der Waals surface area contributed by atoms with E-state index in [9.17, 15) is 32.4 Å². The van der Waals surface area contributed by atoms with Crippen molar-refractivity contribution in [3.8, 4) is 11.6 Å². The lowest BCUT2D eigenvalue weighted by Gasteiger charge is -2.29. The number of esters is 1. The molecule has 3 amide bonds. The summed E-state index contributed by atoms with van der Waals surface area (Å²) in [4.78, 5) is 74.6. The second-order valence-corrected chi connectivity index (χ2v) is 17.7. The lowest BCUT2D eigenvalue weighted by Crippen LogP contribution is -2.53. The van der Waals surface area contributed by atoms with E-state index in [1.54, 1.807) is 76.5 Å². The van der Waals surface area contributed by atoms with Gasteiger partial charge in [-0.25, -0.2) is 18.2 Å². The number of nitrogens with one attached hydrogen (secondary N) is 2. The fourth-order valence-electron chi connectivity index (χ4n) is 7.06. The zero-order valence-electron chi connectivity index (χ0n) is 32.4. The van der Waals surface area contributed by atoms with E-state index in [0.29, 0.717) is 29.5 Å². The van der Waals surface area contributed by atoms with Crippen molar-refractivity contribution in [2.45, 2.75) is 94.9 Å². The van der Waals surface area contributed by atoms with Gasteiger partial charge in [0.25, 0.3) is 0 Å². The number of nitrogens with zero attached hydrogens (tertiary/aromatic N) is 2. The van der Waals surface area contributed by atoms with Crippen LogP contribution in [0.3, 0.4) is 0 Å². The van der Waals surface area contributed by atoms with Gasteiger partial charge in [0, 0.05) is 24.4 Å². The van der Waals surface area contributed by atoms with Crippen molar-refractivity contribution in [2.24, 2.45) is 11.3 Å². The first-order valence-corrected chi connectivity index (χ1v) is 20.4. The van der Waals surface area contributed by atoms with Gasteiger partial charge in [0.2, 0.25) is 27.7 Å². The van der Waals surface area contributed by atoms with Crippen molar-refractivity contribution >= 4 is 50.5 Å². The summed E-state index contributed by atoms with van der Waals surface area (Å²) in [5, 5.41) is 3.26. The van der Waals surface area contributed by atoms with Crippen LogP contribution in [0.15, 0.2) is 73.4 Å². The molecule has 2 heterocycles. The molecule has 0 radical (unpaired) electrons. The molecule has 0 unspecified atom stereocenters. The van der Waals surface area contributed by atoms with Crippen LogP contribution < -0.4 is 19.5 Å². The molecule has 0 bridgehead atoms. The Morgan fingerprint density at radius 2 is 1.81 bits per heavy atom. The molecule has 15 nitrogen and oxygen atoms in total. The van der Waals surface area contributed by atoms with Gasteiger partial charge in [0.1, 0.15) is 30.1 Å². The normalized spacial score (nSPS) is 22.2. The molecule has 2 aromatic carbocycles. The Morgan fingerprint density at radius 1 is 1.07 bits per heavy atom. The number of allylic oxidation sites excluding steroid dienone is 1. The smallest absolute Gasteiger partial charge is 0.408 e. The van der Waals surface area contributed by atoms with Crippen molar-refractivity contribution in [3.63, 3.8) is 0 Å². The van der Waals surface area contributed by atoms with Crippen LogP contribution in [-0.2, 0) is 45.3 Å². The number of sulfonamides is 1. The number of rotatable bonds is 16. The first-order chi connectivity index (χ1) is 27.0. The molecule has 2 N–H and O–H groups in total. The molecule has 2 aliphatic carbocycles. The van der Waals surface area contributed by atoms with Gasteiger partial charge < -0.3 is 29.2 Å². The average Bonchev–Trinajstić information content (AvgIpc) is 4.09. The number of ether oxygens (including phenoxy) is 4. The van der Waals surface area contributed by atoms with Crippen molar-refractivity contribution in [3.05, 3.63) is 79.0 Å². The van der Waals surface area contributed by atoms with Crippen LogP contribution in [0.25, 0.3) is 10.8 Å². The van der Waals surface area contributed by atoms with Crippen LogP contribution >= 0.6 is 0 Å². The SMILES string of the molecule is C=C[C@@H]1C[C@]1(CC(=O)[C@@H]1C[C@@H](Oc2nccc3cc(OC)ccc23)CN1C(=O)[C@H](CC(=O)OCc1ccccc1)NC(=O)OC(C)(C)C)C(=O)NS(=O)(=O)C1CC1. The Labute approximate surface area is 331 Å². The molecule has 1 saturated heterocycles. The third kappa shape index (κ3) is 9.90. The molecular formula is C41H48N4O11S. The predicted molar refractivity (Wildman–Crippen MR) is 207 cm³/mol. The van der Waals surface area contributed by atoms with Gasteiger partial charge in [-0.3, -0.25) is 23.9 Å². The van der Waals surface area contributed by atoms with E-state index >= 15 is 0 Å². The number of carbonyl (C=O) groups is 5. The van der Waals surface area contributed by atoms with Crippen LogP contribution in [0.1, 0.15) is 64.9 Å². The standard InChI is InChI=1S/C41H48N4O11S/c1-6-27-21-41(27,38(49)44-57(51,52)30-13-14-30)22-34(46)33-19-29(55-36-31-15-12-28(53-5)18-26(31)16-17-42-36)23-45(33)37(48)32(43-39(50)56-40(2,3)4)20-35(47)54-24-25-10-8-7-9-11-25/h6-12,15-18,27,29-30,32-33H,1,13-14,19-24H2,2-5H3,(H,43,50)(H,44,49)/t27-,29-,32+,33+,41-/m1/s1. The zero-order chi connectivity index (χ0) is 41.1. The molecule has 3 aromatic rings. The van der Waals surface area contributed by atoms with E-state index in [1.165, 1.54) is 11.0 Å². The molecule has 0 spiro atoms. The number of pyridine rings is 1. The molecule has 5 atom stereocenters. The number of hydrogen-bond donors (Lipinski definition) is 2. The molecule has 57 heavy (non-hydrogen) atoms. The number of fused-ring (bicyclic) bond motifs is 1. The van der Waals surface area contributed by atoms with Crippen LogP contribution in [0.2, 0.25) is 0 Å². The molecule has 3 aliphatic rings. The van der Waals surface area contributed by atoms with Crippen molar-refractivity contribution < 1.29 is 51.3 Å². The number of benzene rings is 2. The zero-order valence-corrected chi connectivity index (χ0v) is 33.2. The summed E-state index contributed by atoms with van der Waals surface area (Å²) in [7, 11) is -2.37. The van der Waals surface area contributed by atoms with Gasteiger partial charge >= 0.3 is 12.1 Å². The number of aromatic nitrogens is 1. The van der Waals surface area contributed by atoms with E-state index < -0.39 is 92.9 Å². The van der Waals surface area contributed by atoms with Gasteiger partial charge in [-0.15, -0.1) is 6.58 Å². The summed E-state index contributed by atoms with van der Waals surface area (Å²) < 4.78 is 50.3. The fraction of sp³-hybridized carbons (Fsp3) is 0.463. The molecule has 3 fully saturated rings. The highest BCUT2D eigenvalue weighted by Gasteiger charge is 2.61. The molecule has 1 aliphatic heterocycles. The first-order valence-electron chi connectivity index (χ1n) is 18.8. The Hall–Kier alpha value is -5.51. The van der Waals surface area contributed by atoms with Gasteiger partial charge in [-0.2, -0.15) is 0 Å². The maximum absolute atomic E-state index is 14.6. The lowest BCUT2D eigenvalue weighted by atomic mass is 9.91. The molecule has 1 aromatic heterocycles. The van der Waals surface area contributed by atoms with Crippen LogP contribution in [-0.4, -0.2) is 90.7 Å². The Morgan fingerprint density at radius 3 is 2.46 bits per heavy atom. The van der Waals surface area contributed by atoms with Crippen molar-refractivity contribution in [2.75, 3.05) is 13.7 Å². The monoisotopic (exact) mass is 804 g/mol. The number of methoxy groups -OCH3 is 1. The highest BCUT2D eigenvalue weighted by molar-refractivity contribution is 7.90. The third-order valence-corrected chi connectivity index (χ3v) is 12.1. The minimum absolute atomic E-state index is 0.0345. The topological polar surface area (TPSA) is 197 Å². The van der Waals surface area contributed by atoms with Crippen LogP contribution in [0.5, 0.6) is 11.6 Å². The van der Waals surface area contributed by atoms with Gasteiger partial charge in [-0.1, -0.05) is 36.4 Å². The second-order valence-electron chi connectivity index (χ2n) is 15.8. The largest absolute Gasteiger partial charge is 0.497 e. The third-order valence-electron chi connectivity index (χ3n) is 10.3. The highest BCUT2D eigenvalue weighted by Crippen LogP contribution is 2.57. The summed E-state index contributed by atoms with van der Waals surface area (Å²) in [6.45, 7) is 8.47. The summed E-state index contributed by atoms with van der Waals surface area (Å²) in [5.74, 6) is -2.53. The van der Waals surface area contributed by atoms with Gasteiger partial charge in [0.05, 0.1) is 36.8 Å². The number of carbonyl (C=O) groups excluding carboxylic acids is 5. The fourth-order valence-corrected chi connectivity index (χ4v) is 8.45. The summed E-state index contributed by atoms with van der Waals surface area (Å²) >= 11 is 0. The quantitative estimate of drug-likeness (QED) is 0.153. The molecule has 2 saturated carbocycles. The maximum Gasteiger partial charge on any atom is 0.408 e. The molecule has 16 heteroatoms. The summed E-state index contributed by atoms with van der Waals surface area (Å²) in [5.41, 5.74) is -1.62. The number of alkyl carbamates (subject to hydrolysis) is 1. The number of amides is 3. The average molecular weight is 805 g/mol. The van der Waals surface area contributed by atoms with Gasteiger partial charge in [0.15, 0.2) is 5.78 Å². The number of hydrogen-bond acceptors (Lipinski definition) is 12. The number of ketones is 1. The lowest BCUT2D eigenvalue weighted by molar-refractivity contribution is -0.149. The van der Waals surface area contributed by atoms with E-state index in [0.717, 1.165) is 5.39 Å². The molecular weight excluding hydrogens is 757 g/mol. The predicted octanol–water partition coefficient (Wildman–Crippen LogP) is 4.38. The minimum atomic E-state index is -3.92. The number of likely N-dealkylation sites (tertiary alicyclic amines) is 1. The maximum atomic E-state index is 14.6. The van der Waals surface area contributed by atoms with Crippen LogP contribution in [0.4, 0.5) is 4.79 Å². The van der Waals surface area contributed by atoms with Crippen LogP contribution in [0, 0.1) is 11.3 Å². The van der Waals surface area contributed by atoms with Crippen molar-refractivity contribution in [1.82, 2.24) is 19.9 Å². The second kappa shape index (κ2) is 16.5. The van der Waals surface area contributed by atoms with E-state index in [4.69, 9.17) is 18.9 Å². The number of Topliss-reactive ketones (excluding diaryl/α,β-unsaturated/α-hetero) is 1. The minimum Gasteiger partial charge on any atom is -0.497 e. The molecule has 6 rings (SSSR count). The Balaban J connectivity index is 1.28. The Bertz CT molecular complexity index is 2150. The van der Waals surface area contributed by atoms with Crippen molar-refractivity contribution in [1.29, 1.82) is 0 Å². The first kappa shape index (κ1) is 41.1. The van der Waals surface area contributed by atoms with E-state index in [-0.39, 0.29) is 31.9 Å². The van der Waals surface area contributed by atoms with E-state index in [2.05, 4.69) is 21.6 Å². The van der Waals surface area contributed by atoms with E-state index in [1.807, 2.05) is 12.1 Å². The van der Waals surface area contributed by atoms with Gasteiger partial charge in [-0.05, 0) is 81.2 Å². The summed E-state index contributed by atoms with van der Waals surface area (Å²) in [6.07, 6.45) is 1.35. The molecule has 304 valence electrons. The highest BCUT2D eigenvalue weighted by atomic mass is 32.2.